The van der Waals surface area contributed by atoms with Gasteiger partial charge in [0.25, 0.3) is 0 Å². The fourth-order valence-electron chi connectivity index (χ4n) is 2.51. The quantitative estimate of drug-likeness (QED) is 0.605. The summed E-state index contributed by atoms with van der Waals surface area (Å²) in [6.45, 7) is 3.91. The summed E-state index contributed by atoms with van der Waals surface area (Å²) < 4.78 is 22.0. The minimum atomic E-state index is -0.731. The van der Waals surface area contributed by atoms with Crippen LogP contribution in [0.25, 0.3) is 0 Å². The fraction of sp³-hybridized carbons (Fsp3) is 0.500. The first-order valence-corrected chi connectivity index (χ1v) is 7.82. The molecule has 1 aromatic rings. The van der Waals surface area contributed by atoms with Crippen LogP contribution >= 0.6 is 0 Å². The predicted octanol–water partition coefficient (Wildman–Crippen LogP) is 1.81. The molecule has 0 amide bonds. The molecule has 0 aliphatic carbocycles. The Balaban J connectivity index is 2.17. The molecule has 1 aromatic carbocycles. The molecule has 2 rings (SSSR count). The summed E-state index contributed by atoms with van der Waals surface area (Å²) in [5, 5.41) is 9.68. The van der Waals surface area contributed by atoms with E-state index in [9.17, 15) is 9.90 Å². The Morgan fingerprint density at radius 3 is 2.67 bits per heavy atom. The maximum absolute atomic E-state index is 11.6. The van der Waals surface area contributed by atoms with Crippen LogP contribution in [0.1, 0.15) is 19.4 Å². The Morgan fingerprint density at radius 1 is 1.42 bits per heavy atom. The zero-order valence-corrected chi connectivity index (χ0v) is 14.2. The van der Waals surface area contributed by atoms with E-state index in [-0.39, 0.29) is 6.61 Å². The molecular formula is C18H24O6. The third kappa shape index (κ3) is 5.14. The topological polar surface area (TPSA) is 74.2 Å². The van der Waals surface area contributed by atoms with Crippen molar-refractivity contribution in [2.45, 2.75) is 38.4 Å². The lowest BCUT2D eigenvalue weighted by Crippen LogP contribution is -2.36. The van der Waals surface area contributed by atoms with E-state index in [1.54, 1.807) is 0 Å². The number of methoxy groups -OCH3 is 1. The largest absolute Gasteiger partial charge is 0.466 e. The minimum absolute atomic E-state index is 0.310. The molecule has 1 aliphatic heterocycles. The SMILES string of the molecule is COC(=O)/C=C(/CO)[C@@H](OCc1ccccc1)[C@H]1COC(C)(C)O1. The van der Waals surface area contributed by atoms with Crippen molar-refractivity contribution < 1.29 is 28.8 Å². The maximum Gasteiger partial charge on any atom is 0.330 e. The highest BCUT2D eigenvalue weighted by Crippen LogP contribution is 2.28. The van der Waals surface area contributed by atoms with Crippen LogP contribution in [0, 0.1) is 0 Å². The van der Waals surface area contributed by atoms with Crippen LogP contribution in [-0.2, 0) is 30.3 Å². The van der Waals surface area contributed by atoms with Crippen molar-refractivity contribution in [2.75, 3.05) is 20.3 Å². The molecule has 1 aliphatic rings. The van der Waals surface area contributed by atoms with E-state index >= 15 is 0 Å². The number of esters is 1. The van der Waals surface area contributed by atoms with Gasteiger partial charge in [0.1, 0.15) is 12.2 Å². The van der Waals surface area contributed by atoms with Gasteiger partial charge in [0.05, 0.1) is 26.9 Å². The molecule has 0 spiro atoms. The smallest absolute Gasteiger partial charge is 0.330 e. The lowest BCUT2D eigenvalue weighted by atomic mass is 10.0. The molecule has 0 unspecified atom stereocenters. The molecular weight excluding hydrogens is 312 g/mol. The fourth-order valence-corrected chi connectivity index (χ4v) is 2.51. The van der Waals surface area contributed by atoms with Crippen molar-refractivity contribution in [1.82, 2.24) is 0 Å². The average Bonchev–Trinajstić information content (AvgIpc) is 2.94. The number of benzene rings is 1. The molecule has 2 atom stereocenters. The van der Waals surface area contributed by atoms with Gasteiger partial charge in [-0.1, -0.05) is 30.3 Å². The van der Waals surface area contributed by atoms with Gasteiger partial charge in [-0.2, -0.15) is 0 Å². The molecule has 1 fully saturated rings. The normalized spacial score (nSPS) is 21.5. The second-order valence-electron chi connectivity index (χ2n) is 5.98. The highest BCUT2D eigenvalue weighted by atomic mass is 16.7. The Bertz CT molecular complexity index is 566. The molecule has 1 saturated heterocycles. The minimum Gasteiger partial charge on any atom is -0.466 e. The molecule has 0 saturated carbocycles. The Morgan fingerprint density at radius 2 is 2.12 bits per heavy atom. The van der Waals surface area contributed by atoms with Crippen molar-refractivity contribution in [1.29, 1.82) is 0 Å². The van der Waals surface area contributed by atoms with Crippen molar-refractivity contribution in [3.8, 4) is 0 Å². The van der Waals surface area contributed by atoms with Gasteiger partial charge in [-0.25, -0.2) is 4.79 Å². The van der Waals surface area contributed by atoms with Gasteiger partial charge >= 0.3 is 5.97 Å². The zero-order chi connectivity index (χ0) is 17.6. The molecule has 0 bridgehead atoms. The number of hydrogen-bond donors (Lipinski definition) is 1. The number of ether oxygens (including phenoxy) is 4. The summed E-state index contributed by atoms with van der Waals surface area (Å²) >= 11 is 0. The van der Waals surface area contributed by atoms with Crippen LogP contribution < -0.4 is 0 Å². The van der Waals surface area contributed by atoms with Crippen LogP contribution in [0.5, 0.6) is 0 Å². The molecule has 24 heavy (non-hydrogen) atoms. The molecule has 1 heterocycles. The number of hydrogen-bond acceptors (Lipinski definition) is 6. The number of aliphatic hydroxyl groups excluding tert-OH is 1. The second-order valence-corrected chi connectivity index (χ2v) is 5.98. The molecule has 0 aromatic heterocycles. The van der Waals surface area contributed by atoms with E-state index in [1.807, 2.05) is 44.2 Å². The highest BCUT2D eigenvalue weighted by Gasteiger charge is 2.39. The summed E-state index contributed by atoms with van der Waals surface area (Å²) in [7, 11) is 1.28. The first-order chi connectivity index (χ1) is 11.4. The molecule has 6 heteroatoms. The van der Waals surface area contributed by atoms with Crippen LogP contribution in [-0.4, -0.2) is 49.4 Å². The Hall–Kier alpha value is -1.73. The maximum atomic E-state index is 11.6. The highest BCUT2D eigenvalue weighted by molar-refractivity contribution is 5.82. The van der Waals surface area contributed by atoms with E-state index in [0.717, 1.165) is 5.56 Å². The van der Waals surface area contributed by atoms with Gasteiger partial charge in [-0.3, -0.25) is 0 Å². The average molecular weight is 336 g/mol. The van der Waals surface area contributed by atoms with E-state index in [2.05, 4.69) is 4.74 Å². The predicted molar refractivity (Wildman–Crippen MR) is 87.1 cm³/mol. The van der Waals surface area contributed by atoms with E-state index in [4.69, 9.17) is 14.2 Å². The van der Waals surface area contributed by atoms with Crippen molar-refractivity contribution in [3.05, 3.63) is 47.5 Å². The number of rotatable bonds is 7. The lowest BCUT2D eigenvalue weighted by Gasteiger charge is -2.26. The van der Waals surface area contributed by atoms with Gasteiger partial charge in [0.2, 0.25) is 0 Å². The van der Waals surface area contributed by atoms with E-state index < -0.39 is 24.0 Å². The van der Waals surface area contributed by atoms with Gasteiger partial charge in [0, 0.05) is 6.08 Å². The number of carbonyl (C=O) groups excluding carboxylic acids is 1. The summed E-state index contributed by atoms with van der Waals surface area (Å²) in [5.41, 5.74) is 1.38. The van der Waals surface area contributed by atoms with E-state index in [1.165, 1.54) is 13.2 Å². The van der Waals surface area contributed by atoms with Crippen LogP contribution in [0.2, 0.25) is 0 Å². The van der Waals surface area contributed by atoms with Gasteiger partial charge in [-0.05, 0) is 25.0 Å². The zero-order valence-electron chi connectivity index (χ0n) is 14.2. The van der Waals surface area contributed by atoms with Crippen molar-refractivity contribution in [3.63, 3.8) is 0 Å². The summed E-state index contributed by atoms with van der Waals surface area (Å²) in [6.07, 6.45) is 0.201. The van der Waals surface area contributed by atoms with Gasteiger partial charge in [0.15, 0.2) is 5.79 Å². The first-order valence-electron chi connectivity index (χ1n) is 7.82. The van der Waals surface area contributed by atoms with Crippen molar-refractivity contribution in [2.24, 2.45) is 0 Å². The number of carbonyl (C=O) groups is 1. The number of aliphatic hydroxyl groups is 1. The van der Waals surface area contributed by atoms with Gasteiger partial charge in [-0.15, -0.1) is 0 Å². The molecule has 132 valence electrons. The monoisotopic (exact) mass is 336 g/mol. The third-order valence-electron chi connectivity index (χ3n) is 3.69. The second kappa shape index (κ2) is 8.39. The lowest BCUT2D eigenvalue weighted by molar-refractivity contribution is -0.154. The van der Waals surface area contributed by atoms with Crippen LogP contribution in [0.4, 0.5) is 0 Å². The van der Waals surface area contributed by atoms with Gasteiger partial charge < -0.3 is 24.1 Å². The van der Waals surface area contributed by atoms with Crippen LogP contribution in [0.15, 0.2) is 42.0 Å². The molecule has 0 radical (unpaired) electrons. The van der Waals surface area contributed by atoms with E-state index in [0.29, 0.717) is 18.8 Å². The Labute approximate surface area is 142 Å². The van der Waals surface area contributed by atoms with Crippen molar-refractivity contribution >= 4 is 5.97 Å². The Kier molecular flexibility index (Phi) is 6.51. The summed E-state index contributed by atoms with van der Waals surface area (Å²) in [4.78, 5) is 11.6. The summed E-state index contributed by atoms with van der Waals surface area (Å²) in [6, 6.07) is 9.64. The first kappa shape index (κ1) is 18.6. The van der Waals surface area contributed by atoms with Crippen LogP contribution in [0.3, 0.4) is 0 Å². The molecule has 1 N–H and O–H groups in total. The summed E-state index contributed by atoms with van der Waals surface area (Å²) in [5.74, 6) is -1.28. The standard InChI is InChI=1S/C18H24O6/c1-18(2)23-12-15(24-18)17(14(10-19)9-16(20)21-3)22-11-13-7-5-4-6-8-13/h4-9,15,17,19H,10-12H2,1-3H3/b14-9-/t15-,17-/m1/s1. The third-order valence-corrected chi connectivity index (χ3v) is 3.69. The molecule has 6 nitrogen and oxygen atoms in total.